The molecule has 7 heteroatoms. The van der Waals surface area contributed by atoms with Crippen LogP contribution in [0.3, 0.4) is 0 Å². The lowest BCUT2D eigenvalue weighted by molar-refractivity contribution is -0.120. The maximum absolute atomic E-state index is 11.7. The van der Waals surface area contributed by atoms with Crippen LogP contribution < -0.4 is 5.32 Å². The van der Waals surface area contributed by atoms with Gasteiger partial charge in [0.05, 0.1) is 11.9 Å². The van der Waals surface area contributed by atoms with Gasteiger partial charge in [-0.15, -0.1) is 16.8 Å². The van der Waals surface area contributed by atoms with Crippen LogP contribution >= 0.6 is 11.8 Å². The monoisotopic (exact) mass is 270 g/mol. The van der Waals surface area contributed by atoms with Crippen molar-refractivity contribution in [2.45, 2.75) is 23.9 Å². The molecule has 1 aromatic rings. The Labute approximate surface area is 111 Å². The first-order valence-electron chi connectivity index (χ1n) is 5.61. The van der Waals surface area contributed by atoms with Crippen molar-refractivity contribution in [3.63, 3.8) is 0 Å². The molecule has 0 spiro atoms. The molecule has 1 heterocycles. The number of thioether (sulfide) groups is 1. The van der Waals surface area contributed by atoms with Crippen LogP contribution in [0.2, 0.25) is 0 Å². The number of hydrogen-bond acceptors (Lipinski definition) is 5. The highest BCUT2D eigenvalue weighted by atomic mass is 32.2. The molecule has 0 bridgehead atoms. The van der Waals surface area contributed by atoms with Gasteiger partial charge in [-0.25, -0.2) is 0 Å². The second kappa shape index (κ2) is 7.88. The molecule has 0 aromatic carbocycles. The summed E-state index contributed by atoms with van der Waals surface area (Å²) < 4.78 is 6.87. The van der Waals surface area contributed by atoms with Crippen molar-refractivity contribution < 1.29 is 9.53 Å². The zero-order valence-corrected chi connectivity index (χ0v) is 11.4. The third-order valence-electron chi connectivity index (χ3n) is 2.19. The number of carbonyl (C=O) groups excluding carboxylic acids is 1. The molecule has 1 unspecified atom stereocenters. The van der Waals surface area contributed by atoms with E-state index in [-0.39, 0.29) is 11.2 Å². The van der Waals surface area contributed by atoms with Gasteiger partial charge in [0.25, 0.3) is 0 Å². The van der Waals surface area contributed by atoms with Gasteiger partial charge in [-0.1, -0.05) is 17.8 Å². The summed E-state index contributed by atoms with van der Waals surface area (Å²) in [5.41, 5.74) is 0. The standard InChI is InChI=1S/C11H18N4O2S/c1-4-5-12-10(16)9(2)18-11-14-13-8-15(11)6-7-17-3/h4,8-9H,1,5-7H2,2-3H3,(H,12,16). The van der Waals surface area contributed by atoms with E-state index < -0.39 is 0 Å². The average molecular weight is 270 g/mol. The number of nitrogens with zero attached hydrogens (tertiary/aromatic N) is 3. The van der Waals surface area contributed by atoms with E-state index in [1.165, 1.54) is 11.8 Å². The fourth-order valence-corrected chi connectivity index (χ4v) is 2.08. The summed E-state index contributed by atoms with van der Waals surface area (Å²) in [6.07, 6.45) is 3.28. The Hall–Kier alpha value is -1.34. The van der Waals surface area contributed by atoms with Gasteiger partial charge in [0, 0.05) is 20.2 Å². The van der Waals surface area contributed by atoms with Gasteiger partial charge in [0.15, 0.2) is 5.16 Å². The SMILES string of the molecule is C=CCNC(=O)C(C)Sc1nncn1CCOC. The molecule has 0 saturated carbocycles. The third kappa shape index (κ3) is 4.50. The van der Waals surface area contributed by atoms with Crippen LogP contribution in [0.5, 0.6) is 0 Å². The lowest BCUT2D eigenvalue weighted by Gasteiger charge is -2.11. The summed E-state index contributed by atoms with van der Waals surface area (Å²) in [6, 6.07) is 0. The lowest BCUT2D eigenvalue weighted by Crippen LogP contribution is -2.31. The van der Waals surface area contributed by atoms with Gasteiger partial charge in [-0.3, -0.25) is 4.79 Å². The zero-order chi connectivity index (χ0) is 13.4. The van der Waals surface area contributed by atoms with Crippen LogP contribution in [0.25, 0.3) is 0 Å². The summed E-state index contributed by atoms with van der Waals surface area (Å²) >= 11 is 1.37. The van der Waals surface area contributed by atoms with Crippen LogP contribution in [0.15, 0.2) is 24.1 Å². The number of ether oxygens (including phenoxy) is 1. The van der Waals surface area contributed by atoms with E-state index >= 15 is 0 Å². The summed E-state index contributed by atoms with van der Waals surface area (Å²) in [5.74, 6) is -0.0406. The molecule has 1 atom stereocenters. The number of nitrogens with one attached hydrogen (secondary N) is 1. The highest BCUT2D eigenvalue weighted by Crippen LogP contribution is 2.20. The van der Waals surface area contributed by atoms with Crippen molar-refractivity contribution in [2.24, 2.45) is 0 Å². The zero-order valence-electron chi connectivity index (χ0n) is 10.6. The number of aromatic nitrogens is 3. The maximum atomic E-state index is 11.7. The van der Waals surface area contributed by atoms with Crippen LogP contribution in [0, 0.1) is 0 Å². The van der Waals surface area contributed by atoms with Crippen molar-refractivity contribution >= 4 is 17.7 Å². The molecule has 0 aliphatic heterocycles. The second-order valence-electron chi connectivity index (χ2n) is 3.59. The van der Waals surface area contributed by atoms with Crippen molar-refractivity contribution in [2.75, 3.05) is 20.3 Å². The molecule has 1 rings (SSSR count). The Bertz CT molecular complexity index is 394. The minimum atomic E-state index is -0.226. The fourth-order valence-electron chi connectivity index (χ4n) is 1.21. The minimum Gasteiger partial charge on any atom is -0.383 e. The third-order valence-corrected chi connectivity index (χ3v) is 3.28. The normalized spacial score (nSPS) is 12.1. The van der Waals surface area contributed by atoms with E-state index in [9.17, 15) is 4.79 Å². The van der Waals surface area contributed by atoms with Gasteiger partial charge in [0.1, 0.15) is 6.33 Å². The Morgan fingerprint density at radius 2 is 2.56 bits per heavy atom. The lowest BCUT2D eigenvalue weighted by atomic mass is 10.4. The van der Waals surface area contributed by atoms with Crippen LogP contribution in [-0.4, -0.2) is 46.2 Å². The molecule has 18 heavy (non-hydrogen) atoms. The van der Waals surface area contributed by atoms with Crippen molar-refractivity contribution in [3.8, 4) is 0 Å². The highest BCUT2D eigenvalue weighted by molar-refractivity contribution is 8.00. The fraction of sp³-hybridized carbons (Fsp3) is 0.545. The second-order valence-corrected chi connectivity index (χ2v) is 4.90. The number of hydrogen-bond donors (Lipinski definition) is 1. The molecule has 0 aliphatic rings. The number of amides is 1. The number of carbonyl (C=O) groups is 1. The van der Waals surface area contributed by atoms with E-state index in [1.807, 2.05) is 11.5 Å². The summed E-state index contributed by atoms with van der Waals surface area (Å²) in [5, 5.41) is 11.1. The molecule has 0 aliphatic carbocycles. The molecule has 0 fully saturated rings. The molecular formula is C11H18N4O2S. The molecule has 0 saturated heterocycles. The van der Waals surface area contributed by atoms with Gasteiger partial charge in [0.2, 0.25) is 5.91 Å². The largest absolute Gasteiger partial charge is 0.383 e. The Balaban J connectivity index is 2.52. The van der Waals surface area contributed by atoms with Crippen LogP contribution in [0.4, 0.5) is 0 Å². The quantitative estimate of drug-likeness (QED) is 0.556. The summed E-state index contributed by atoms with van der Waals surface area (Å²) in [6.45, 7) is 7.12. The molecule has 1 N–H and O–H groups in total. The van der Waals surface area contributed by atoms with Crippen LogP contribution in [0.1, 0.15) is 6.92 Å². The highest BCUT2D eigenvalue weighted by Gasteiger charge is 2.16. The molecule has 1 amide bonds. The van der Waals surface area contributed by atoms with Gasteiger partial charge in [-0.2, -0.15) is 0 Å². The van der Waals surface area contributed by atoms with E-state index in [0.717, 1.165) is 0 Å². The Morgan fingerprint density at radius 1 is 1.78 bits per heavy atom. The molecule has 6 nitrogen and oxygen atoms in total. The van der Waals surface area contributed by atoms with Crippen LogP contribution in [-0.2, 0) is 16.1 Å². The topological polar surface area (TPSA) is 69.0 Å². The predicted octanol–water partition coefficient (Wildman–Crippen LogP) is 0.707. The van der Waals surface area contributed by atoms with E-state index in [4.69, 9.17) is 4.74 Å². The number of methoxy groups -OCH3 is 1. The van der Waals surface area contributed by atoms with Crippen molar-refractivity contribution in [1.82, 2.24) is 20.1 Å². The van der Waals surface area contributed by atoms with Crippen molar-refractivity contribution in [1.29, 1.82) is 0 Å². The Morgan fingerprint density at radius 3 is 3.22 bits per heavy atom. The van der Waals surface area contributed by atoms with Gasteiger partial charge < -0.3 is 14.6 Å². The molecule has 100 valence electrons. The average Bonchev–Trinajstić information content (AvgIpc) is 2.80. The molecular weight excluding hydrogens is 252 g/mol. The molecule has 0 radical (unpaired) electrons. The first-order valence-corrected chi connectivity index (χ1v) is 6.49. The maximum Gasteiger partial charge on any atom is 0.233 e. The minimum absolute atomic E-state index is 0.0406. The number of rotatable bonds is 8. The molecule has 1 aromatic heterocycles. The van der Waals surface area contributed by atoms with Gasteiger partial charge >= 0.3 is 0 Å². The first kappa shape index (κ1) is 14.7. The Kier molecular flexibility index (Phi) is 6.45. The summed E-state index contributed by atoms with van der Waals surface area (Å²) in [7, 11) is 1.64. The summed E-state index contributed by atoms with van der Waals surface area (Å²) in [4.78, 5) is 11.7. The van der Waals surface area contributed by atoms with Gasteiger partial charge in [-0.05, 0) is 6.92 Å². The predicted molar refractivity (Wildman–Crippen MR) is 70.4 cm³/mol. The van der Waals surface area contributed by atoms with E-state index in [2.05, 4.69) is 22.1 Å². The van der Waals surface area contributed by atoms with E-state index in [1.54, 1.807) is 19.5 Å². The first-order chi connectivity index (χ1) is 8.69. The smallest absolute Gasteiger partial charge is 0.233 e. The van der Waals surface area contributed by atoms with E-state index in [0.29, 0.717) is 24.9 Å². The van der Waals surface area contributed by atoms with Crippen molar-refractivity contribution in [3.05, 3.63) is 19.0 Å².